The van der Waals surface area contributed by atoms with Gasteiger partial charge in [-0.05, 0) is 40.8 Å². The first-order chi connectivity index (χ1) is 8.38. The topological polar surface area (TPSA) is 0 Å². The number of halogens is 1. The highest BCUT2D eigenvalue weighted by Gasteiger charge is 2.17. The molecule has 0 N–H and O–H groups in total. The Morgan fingerprint density at radius 3 is 2.71 bits per heavy atom. The van der Waals surface area contributed by atoms with Gasteiger partial charge in [-0.1, -0.05) is 42.2 Å². The Hall–Kier alpha value is -1.71. The fourth-order valence-corrected chi connectivity index (χ4v) is 2.43. The molecule has 0 radical (unpaired) electrons. The van der Waals surface area contributed by atoms with Crippen LogP contribution in [-0.4, -0.2) is 5.88 Å². The van der Waals surface area contributed by atoms with Gasteiger partial charge in [0.25, 0.3) is 0 Å². The third-order valence-electron chi connectivity index (χ3n) is 3.09. The van der Waals surface area contributed by atoms with E-state index in [2.05, 4.69) is 54.3 Å². The van der Waals surface area contributed by atoms with Crippen LogP contribution in [0.15, 0.2) is 42.5 Å². The molecule has 1 aliphatic rings. The minimum Gasteiger partial charge on any atom is -0.113 e. The molecule has 0 saturated heterocycles. The monoisotopic (exact) mass is 238 g/mol. The highest BCUT2D eigenvalue weighted by atomic mass is 35.5. The summed E-state index contributed by atoms with van der Waals surface area (Å²) in [6.45, 7) is 0. The average Bonchev–Trinajstić information content (AvgIpc) is 2.74. The van der Waals surface area contributed by atoms with E-state index >= 15 is 0 Å². The van der Waals surface area contributed by atoms with Gasteiger partial charge in [-0.15, -0.1) is 11.6 Å². The van der Waals surface area contributed by atoms with E-state index < -0.39 is 0 Å². The maximum absolute atomic E-state index is 5.57. The van der Waals surface area contributed by atoms with E-state index in [1.165, 1.54) is 22.3 Å². The first kappa shape index (κ1) is 10.4. The molecule has 2 aromatic rings. The van der Waals surface area contributed by atoms with Gasteiger partial charge in [-0.25, -0.2) is 0 Å². The van der Waals surface area contributed by atoms with Crippen LogP contribution in [0.2, 0.25) is 0 Å². The molecule has 82 valence electrons. The highest BCUT2D eigenvalue weighted by molar-refractivity contribution is 6.19. The van der Waals surface area contributed by atoms with Crippen LogP contribution in [0.1, 0.15) is 16.7 Å². The fourth-order valence-electron chi connectivity index (χ4n) is 2.36. The molecule has 0 saturated carbocycles. The lowest BCUT2D eigenvalue weighted by atomic mass is 10.0. The van der Waals surface area contributed by atoms with Crippen LogP contribution in [-0.2, 0) is 6.42 Å². The van der Waals surface area contributed by atoms with Gasteiger partial charge in [-0.3, -0.25) is 0 Å². The lowest BCUT2D eigenvalue weighted by molar-refractivity contribution is 1.26. The van der Waals surface area contributed by atoms with Gasteiger partial charge >= 0.3 is 0 Å². The van der Waals surface area contributed by atoms with E-state index in [-0.39, 0.29) is 0 Å². The van der Waals surface area contributed by atoms with E-state index in [0.717, 1.165) is 12.0 Å². The molecular formula is C16H11Cl. The highest BCUT2D eigenvalue weighted by Crippen LogP contribution is 2.36. The van der Waals surface area contributed by atoms with Crippen molar-refractivity contribution in [3.63, 3.8) is 0 Å². The number of fused-ring (bicyclic) bond motifs is 3. The van der Waals surface area contributed by atoms with Crippen LogP contribution in [0, 0.1) is 11.8 Å². The van der Waals surface area contributed by atoms with E-state index in [9.17, 15) is 0 Å². The second-order valence-corrected chi connectivity index (χ2v) is 4.41. The Morgan fingerprint density at radius 2 is 1.82 bits per heavy atom. The van der Waals surface area contributed by atoms with Crippen LogP contribution in [0.4, 0.5) is 0 Å². The molecule has 0 atom stereocenters. The van der Waals surface area contributed by atoms with E-state index in [0.29, 0.717) is 5.88 Å². The molecule has 0 unspecified atom stereocenters. The molecule has 0 spiro atoms. The number of benzene rings is 2. The van der Waals surface area contributed by atoms with Crippen LogP contribution in [0.3, 0.4) is 0 Å². The van der Waals surface area contributed by atoms with Gasteiger partial charge in [0, 0.05) is 5.56 Å². The van der Waals surface area contributed by atoms with E-state index in [4.69, 9.17) is 11.6 Å². The number of alkyl halides is 1. The molecule has 3 rings (SSSR count). The molecule has 1 aliphatic carbocycles. The van der Waals surface area contributed by atoms with Crippen LogP contribution < -0.4 is 0 Å². The van der Waals surface area contributed by atoms with Gasteiger partial charge in [0.2, 0.25) is 0 Å². The average molecular weight is 239 g/mol. The van der Waals surface area contributed by atoms with Crippen LogP contribution in [0.25, 0.3) is 11.1 Å². The molecule has 0 heterocycles. The Kier molecular flexibility index (Phi) is 2.63. The summed E-state index contributed by atoms with van der Waals surface area (Å²) < 4.78 is 0. The summed E-state index contributed by atoms with van der Waals surface area (Å²) in [6.07, 6.45) is 1.02. The third kappa shape index (κ3) is 1.84. The first-order valence-corrected chi connectivity index (χ1v) is 6.18. The van der Waals surface area contributed by atoms with E-state index in [1.54, 1.807) is 0 Å². The molecule has 1 heteroatoms. The molecule has 0 aromatic heterocycles. The van der Waals surface area contributed by atoms with Crippen LogP contribution in [0.5, 0.6) is 0 Å². The summed E-state index contributed by atoms with van der Waals surface area (Å²) in [7, 11) is 0. The minimum atomic E-state index is 0.386. The Labute approximate surface area is 106 Å². The minimum absolute atomic E-state index is 0.386. The van der Waals surface area contributed by atoms with Gasteiger partial charge < -0.3 is 0 Å². The molecule has 0 bridgehead atoms. The Balaban J connectivity index is 2.07. The number of hydrogen-bond donors (Lipinski definition) is 0. The standard InChI is InChI=1S/C16H11Cl/c17-9-3-4-12-7-8-16-14(10-12)11-13-5-1-2-6-15(13)16/h1-2,5-8,10H,9,11H2. The summed E-state index contributed by atoms with van der Waals surface area (Å²) in [4.78, 5) is 0. The fraction of sp³-hybridized carbons (Fsp3) is 0.125. The molecule has 2 aromatic carbocycles. The summed E-state index contributed by atoms with van der Waals surface area (Å²) >= 11 is 5.57. The number of rotatable bonds is 0. The van der Waals surface area contributed by atoms with Crippen LogP contribution >= 0.6 is 11.6 Å². The molecule has 17 heavy (non-hydrogen) atoms. The van der Waals surface area contributed by atoms with Crippen molar-refractivity contribution in [3.8, 4) is 23.0 Å². The quantitative estimate of drug-likeness (QED) is 0.412. The van der Waals surface area contributed by atoms with Crippen molar-refractivity contribution in [1.82, 2.24) is 0 Å². The zero-order valence-corrected chi connectivity index (χ0v) is 10.1. The predicted molar refractivity (Wildman–Crippen MR) is 72.3 cm³/mol. The zero-order chi connectivity index (χ0) is 11.7. The second-order valence-electron chi connectivity index (χ2n) is 4.14. The second kappa shape index (κ2) is 4.28. The molecule has 0 nitrogen and oxygen atoms in total. The smallest absolute Gasteiger partial charge is 0.0839 e. The first-order valence-electron chi connectivity index (χ1n) is 5.64. The molecule has 0 aliphatic heterocycles. The maximum Gasteiger partial charge on any atom is 0.0839 e. The van der Waals surface area contributed by atoms with Crippen molar-refractivity contribution in [2.24, 2.45) is 0 Å². The largest absolute Gasteiger partial charge is 0.113 e. The van der Waals surface area contributed by atoms with E-state index in [1.807, 2.05) is 0 Å². The van der Waals surface area contributed by atoms with Crippen molar-refractivity contribution in [3.05, 3.63) is 59.2 Å². The number of hydrogen-bond acceptors (Lipinski definition) is 0. The Bertz CT molecular complexity index is 629. The summed E-state index contributed by atoms with van der Waals surface area (Å²) in [5.41, 5.74) is 6.53. The van der Waals surface area contributed by atoms with Gasteiger partial charge in [-0.2, -0.15) is 0 Å². The summed E-state index contributed by atoms with van der Waals surface area (Å²) in [6, 6.07) is 15.0. The lowest BCUT2D eigenvalue weighted by Gasteiger charge is -2.00. The van der Waals surface area contributed by atoms with Gasteiger partial charge in [0.1, 0.15) is 0 Å². The van der Waals surface area contributed by atoms with Gasteiger partial charge in [0.15, 0.2) is 0 Å². The zero-order valence-electron chi connectivity index (χ0n) is 9.33. The van der Waals surface area contributed by atoms with Crippen molar-refractivity contribution in [1.29, 1.82) is 0 Å². The predicted octanol–water partition coefficient (Wildman–Crippen LogP) is 3.85. The molecule has 0 amide bonds. The SMILES string of the molecule is ClCC#Cc1ccc2c(c1)Cc1ccccc1-2. The summed E-state index contributed by atoms with van der Waals surface area (Å²) in [5, 5.41) is 0. The third-order valence-corrected chi connectivity index (χ3v) is 3.23. The summed E-state index contributed by atoms with van der Waals surface area (Å²) in [5.74, 6) is 6.35. The molecule has 0 fully saturated rings. The maximum atomic E-state index is 5.57. The molecular weight excluding hydrogens is 228 g/mol. The van der Waals surface area contributed by atoms with Crippen molar-refractivity contribution < 1.29 is 0 Å². The van der Waals surface area contributed by atoms with Crippen molar-refractivity contribution in [2.75, 3.05) is 5.88 Å². The van der Waals surface area contributed by atoms with Crippen molar-refractivity contribution in [2.45, 2.75) is 6.42 Å². The Morgan fingerprint density at radius 1 is 1.00 bits per heavy atom. The van der Waals surface area contributed by atoms with Gasteiger partial charge in [0.05, 0.1) is 5.88 Å². The van der Waals surface area contributed by atoms with Crippen molar-refractivity contribution >= 4 is 11.6 Å². The normalized spacial score (nSPS) is 11.4. The lowest BCUT2D eigenvalue weighted by Crippen LogP contribution is -1.82.